The van der Waals surface area contributed by atoms with Gasteiger partial charge >= 0.3 is 0 Å². The zero-order chi connectivity index (χ0) is 12.5. The number of carbonyl (C=O) groups excluding carboxylic acids is 1. The Labute approximate surface area is 102 Å². The summed E-state index contributed by atoms with van der Waals surface area (Å²) in [5.41, 5.74) is 3.33. The number of hydrogen-bond donors (Lipinski definition) is 1. The highest BCUT2D eigenvalue weighted by atomic mass is 16.5. The molecule has 0 atom stereocenters. The van der Waals surface area contributed by atoms with Gasteiger partial charge in [0.05, 0.1) is 13.3 Å². The molecule has 92 valence electrons. The number of hydrogen-bond acceptors (Lipinski definition) is 3. The quantitative estimate of drug-likeness (QED) is 0.606. The Kier molecular flexibility index (Phi) is 5.79. The van der Waals surface area contributed by atoms with Gasteiger partial charge in [-0.3, -0.25) is 4.79 Å². The predicted molar refractivity (Wildman–Crippen MR) is 68.3 cm³/mol. The first-order chi connectivity index (χ1) is 8.27. The number of nitrogens with zero attached hydrogens (tertiary/aromatic N) is 1. The molecule has 0 heterocycles. The van der Waals surface area contributed by atoms with Crippen molar-refractivity contribution in [3.63, 3.8) is 0 Å². The number of hydrazone groups is 1. The summed E-state index contributed by atoms with van der Waals surface area (Å²) < 4.78 is 5.16. The van der Waals surface area contributed by atoms with E-state index in [9.17, 15) is 4.79 Å². The molecule has 1 N–H and O–H groups in total. The van der Waals surface area contributed by atoms with Crippen LogP contribution in [0.5, 0.6) is 5.75 Å². The Morgan fingerprint density at radius 1 is 1.47 bits per heavy atom. The number of benzene rings is 1. The number of para-hydroxylation sites is 1. The molecule has 0 saturated heterocycles. The topological polar surface area (TPSA) is 50.7 Å². The van der Waals surface area contributed by atoms with Gasteiger partial charge in [-0.15, -0.1) is 0 Å². The van der Waals surface area contributed by atoms with Crippen LogP contribution in [0.25, 0.3) is 0 Å². The van der Waals surface area contributed by atoms with Crippen LogP contribution in [0, 0.1) is 0 Å². The molecule has 0 aliphatic carbocycles. The maximum atomic E-state index is 11.3. The smallest absolute Gasteiger partial charge is 0.240 e. The second kappa shape index (κ2) is 7.44. The minimum Gasteiger partial charge on any atom is -0.496 e. The standard InChI is InChI=1S/C13H18N2O2/c1-3-4-9-13(16)15-14-10-11-7-5-6-8-12(11)17-2/h5-8,10H,3-4,9H2,1-2H3,(H,15,16)/b14-10-. The fourth-order valence-electron chi connectivity index (χ4n) is 1.34. The maximum Gasteiger partial charge on any atom is 0.240 e. The van der Waals surface area contributed by atoms with E-state index in [4.69, 9.17) is 4.74 Å². The maximum absolute atomic E-state index is 11.3. The van der Waals surface area contributed by atoms with Crippen molar-refractivity contribution in [1.29, 1.82) is 0 Å². The molecule has 1 amide bonds. The van der Waals surface area contributed by atoms with E-state index in [-0.39, 0.29) is 5.91 Å². The summed E-state index contributed by atoms with van der Waals surface area (Å²) in [6.07, 6.45) is 3.99. The van der Waals surface area contributed by atoms with Crippen LogP contribution in [0.4, 0.5) is 0 Å². The lowest BCUT2D eigenvalue weighted by Crippen LogP contribution is -2.16. The van der Waals surface area contributed by atoms with Crippen molar-refractivity contribution in [2.45, 2.75) is 26.2 Å². The molecule has 0 spiro atoms. The highest BCUT2D eigenvalue weighted by Crippen LogP contribution is 2.14. The Bertz CT molecular complexity index is 389. The predicted octanol–water partition coefficient (Wildman–Crippen LogP) is 2.34. The molecule has 1 aromatic rings. The first-order valence-electron chi connectivity index (χ1n) is 5.72. The van der Waals surface area contributed by atoms with Crippen LogP contribution in [-0.4, -0.2) is 19.2 Å². The number of amides is 1. The Balaban J connectivity index is 2.50. The van der Waals surface area contributed by atoms with Gasteiger partial charge in [-0.1, -0.05) is 25.5 Å². The monoisotopic (exact) mass is 234 g/mol. The van der Waals surface area contributed by atoms with Crippen LogP contribution in [0.2, 0.25) is 0 Å². The number of unbranched alkanes of at least 4 members (excludes halogenated alkanes) is 1. The van der Waals surface area contributed by atoms with Gasteiger partial charge in [0.15, 0.2) is 0 Å². The van der Waals surface area contributed by atoms with E-state index in [1.54, 1.807) is 13.3 Å². The largest absolute Gasteiger partial charge is 0.496 e. The van der Waals surface area contributed by atoms with Crippen molar-refractivity contribution in [2.24, 2.45) is 5.10 Å². The van der Waals surface area contributed by atoms with E-state index in [1.807, 2.05) is 31.2 Å². The Morgan fingerprint density at radius 2 is 2.24 bits per heavy atom. The molecular weight excluding hydrogens is 216 g/mol. The van der Waals surface area contributed by atoms with Crippen molar-refractivity contribution < 1.29 is 9.53 Å². The normalized spacial score (nSPS) is 10.5. The fraction of sp³-hybridized carbons (Fsp3) is 0.385. The molecule has 0 aliphatic rings. The SMILES string of the molecule is CCCCC(=O)N/N=C\c1ccccc1OC. The van der Waals surface area contributed by atoms with E-state index < -0.39 is 0 Å². The number of methoxy groups -OCH3 is 1. The molecule has 0 radical (unpaired) electrons. The van der Waals surface area contributed by atoms with Gasteiger partial charge in [0.25, 0.3) is 0 Å². The summed E-state index contributed by atoms with van der Waals surface area (Å²) in [6.45, 7) is 2.05. The highest BCUT2D eigenvalue weighted by molar-refractivity contribution is 5.85. The molecule has 0 bridgehead atoms. The van der Waals surface area contributed by atoms with Crippen LogP contribution in [0.3, 0.4) is 0 Å². The molecular formula is C13H18N2O2. The molecule has 0 saturated carbocycles. The van der Waals surface area contributed by atoms with E-state index in [2.05, 4.69) is 10.5 Å². The molecule has 17 heavy (non-hydrogen) atoms. The lowest BCUT2D eigenvalue weighted by atomic mass is 10.2. The van der Waals surface area contributed by atoms with Crippen molar-refractivity contribution in [1.82, 2.24) is 5.43 Å². The van der Waals surface area contributed by atoms with Gasteiger partial charge in [0.1, 0.15) is 5.75 Å². The fourth-order valence-corrected chi connectivity index (χ4v) is 1.34. The first-order valence-corrected chi connectivity index (χ1v) is 5.72. The zero-order valence-corrected chi connectivity index (χ0v) is 10.3. The van der Waals surface area contributed by atoms with E-state index in [0.717, 1.165) is 24.2 Å². The summed E-state index contributed by atoms with van der Waals surface area (Å²) in [5, 5.41) is 3.90. The van der Waals surface area contributed by atoms with Gasteiger partial charge in [-0.25, -0.2) is 5.43 Å². The average Bonchev–Trinajstić information content (AvgIpc) is 2.37. The molecule has 1 rings (SSSR count). The van der Waals surface area contributed by atoms with Gasteiger partial charge < -0.3 is 4.74 Å². The Morgan fingerprint density at radius 3 is 2.94 bits per heavy atom. The van der Waals surface area contributed by atoms with Gasteiger partial charge in [-0.2, -0.15) is 5.10 Å². The third kappa shape index (κ3) is 4.68. The molecule has 0 aliphatic heterocycles. The minimum atomic E-state index is -0.0574. The van der Waals surface area contributed by atoms with Crippen molar-refractivity contribution in [2.75, 3.05) is 7.11 Å². The van der Waals surface area contributed by atoms with Crippen molar-refractivity contribution in [3.05, 3.63) is 29.8 Å². The van der Waals surface area contributed by atoms with Crippen LogP contribution in [-0.2, 0) is 4.79 Å². The second-order valence-electron chi connectivity index (χ2n) is 3.64. The van der Waals surface area contributed by atoms with Crippen LogP contribution in [0.1, 0.15) is 31.7 Å². The highest BCUT2D eigenvalue weighted by Gasteiger charge is 1.99. The molecule has 0 fully saturated rings. The summed E-state index contributed by atoms with van der Waals surface area (Å²) >= 11 is 0. The zero-order valence-electron chi connectivity index (χ0n) is 10.3. The van der Waals surface area contributed by atoms with E-state index in [1.165, 1.54) is 0 Å². The van der Waals surface area contributed by atoms with Crippen molar-refractivity contribution >= 4 is 12.1 Å². The molecule has 4 heteroatoms. The van der Waals surface area contributed by atoms with Crippen molar-refractivity contribution in [3.8, 4) is 5.75 Å². The molecule has 4 nitrogen and oxygen atoms in total. The molecule has 0 aromatic heterocycles. The number of rotatable bonds is 6. The lowest BCUT2D eigenvalue weighted by molar-refractivity contribution is -0.121. The van der Waals surface area contributed by atoms with E-state index >= 15 is 0 Å². The summed E-state index contributed by atoms with van der Waals surface area (Å²) in [4.78, 5) is 11.3. The second-order valence-corrected chi connectivity index (χ2v) is 3.64. The summed E-state index contributed by atoms with van der Waals surface area (Å²) in [7, 11) is 1.60. The van der Waals surface area contributed by atoms with Crippen LogP contribution >= 0.6 is 0 Å². The number of nitrogens with one attached hydrogen (secondary N) is 1. The van der Waals surface area contributed by atoms with Crippen LogP contribution in [0.15, 0.2) is 29.4 Å². The Hall–Kier alpha value is -1.84. The van der Waals surface area contributed by atoms with Gasteiger partial charge in [-0.05, 0) is 18.6 Å². The van der Waals surface area contributed by atoms with Gasteiger partial charge in [0, 0.05) is 12.0 Å². The number of ether oxygens (including phenoxy) is 1. The van der Waals surface area contributed by atoms with E-state index in [0.29, 0.717) is 6.42 Å². The minimum absolute atomic E-state index is 0.0574. The first kappa shape index (κ1) is 13.2. The van der Waals surface area contributed by atoms with Gasteiger partial charge in [0.2, 0.25) is 5.91 Å². The van der Waals surface area contributed by atoms with Crippen LogP contribution < -0.4 is 10.2 Å². The average molecular weight is 234 g/mol. The third-order valence-corrected chi connectivity index (χ3v) is 2.29. The summed E-state index contributed by atoms with van der Waals surface area (Å²) in [5.74, 6) is 0.678. The lowest BCUT2D eigenvalue weighted by Gasteiger charge is -2.03. The molecule has 1 aromatic carbocycles. The molecule has 0 unspecified atom stereocenters. The summed E-state index contributed by atoms with van der Waals surface area (Å²) in [6, 6.07) is 7.50. The number of carbonyl (C=O) groups is 1. The third-order valence-electron chi connectivity index (χ3n) is 2.29.